The molecule has 4 aliphatic carbocycles. The van der Waals surface area contributed by atoms with Gasteiger partial charge < -0.3 is 24.7 Å². The van der Waals surface area contributed by atoms with E-state index in [4.69, 9.17) is 21.1 Å². The van der Waals surface area contributed by atoms with Gasteiger partial charge in [0.1, 0.15) is 22.8 Å². The Kier molecular flexibility index (Phi) is 10.6. The first-order valence-corrected chi connectivity index (χ1v) is 22.8. The number of aromatic nitrogens is 2. The molecule has 0 atom stereocenters. The van der Waals surface area contributed by atoms with E-state index < -0.39 is 31.4 Å². The van der Waals surface area contributed by atoms with Crippen molar-refractivity contribution in [3.05, 3.63) is 87.7 Å². The zero-order valence-electron chi connectivity index (χ0n) is 34.1. The summed E-state index contributed by atoms with van der Waals surface area (Å²) in [7, 11) is -4.54. The molecule has 318 valence electrons. The zero-order valence-corrected chi connectivity index (χ0v) is 35.7. The number of H-pyrrole nitrogens is 1. The number of carbonyl (C=O) groups is 1. The quantitative estimate of drug-likeness (QED) is 0.0515. The van der Waals surface area contributed by atoms with Gasteiger partial charge in [0, 0.05) is 86.8 Å². The standard InChI is InChI=1S/C44H52ClN7O7S/c1-42(2)11-7-31(36(22-42)43-26-44(45,27-43)28-43)25-50-13-15-51(16-14-50)32-3-5-35(39(20-32)59-33-19-30-8-12-46-40(30)48-24-33)41(53)49-60(56,57)34-4-6-37(38(21-34)52(54)55)47-23-29-9-17-58-18-10-29/h3-6,8,12,19-21,24,29,47H,7,9-11,13-18,22-23,25-28H2,1-2H3,(H,46,48)(H,49,53). The van der Waals surface area contributed by atoms with Crippen LogP contribution in [0.5, 0.6) is 11.5 Å². The van der Waals surface area contributed by atoms with Crippen LogP contribution in [-0.4, -0.2) is 91.5 Å². The fourth-order valence-electron chi connectivity index (χ4n) is 9.99. The van der Waals surface area contributed by atoms with Crippen molar-refractivity contribution in [1.82, 2.24) is 19.6 Å². The van der Waals surface area contributed by atoms with E-state index in [1.165, 1.54) is 24.8 Å². The normalized spacial score (nSPS) is 24.4. The summed E-state index contributed by atoms with van der Waals surface area (Å²) in [5, 5.41) is 16.0. The minimum Gasteiger partial charge on any atom is -0.455 e. The number of nitrogens with one attached hydrogen (secondary N) is 3. The van der Waals surface area contributed by atoms with Crippen molar-refractivity contribution in [1.29, 1.82) is 0 Å². The van der Waals surface area contributed by atoms with E-state index >= 15 is 0 Å². The predicted octanol–water partition coefficient (Wildman–Crippen LogP) is 8.01. The summed E-state index contributed by atoms with van der Waals surface area (Å²) in [5.74, 6) is -0.149. The van der Waals surface area contributed by atoms with Crippen LogP contribution >= 0.6 is 11.6 Å². The number of anilines is 2. The number of fused-ring (bicyclic) bond motifs is 1. The molecule has 3 saturated carbocycles. The molecule has 1 amide bonds. The summed E-state index contributed by atoms with van der Waals surface area (Å²) in [6, 6.07) is 12.3. The average molecular weight is 858 g/mol. The number of alkyl halides is 1. The Morgan fingerprint density at radius 3 is 2.57 bits per heavy atom. The Hall–Kier alpha value is -4.70. The molecule has 3 N–H and O–H groups in total. The fourth-order valence-corrected chi connectivity index (χ4v) is 11.7. The number of amides is 1. The second-order valence-corrected chi connectivity index (χ2v) is 20.8. The van der Waals surface area contributed by atoms with Crippen LogP contribution in [0.3, 0.4) is 0 Å². The molecule has 0 unspecified atom stereocenters. The lowest BCUT2D eigenvalue weighted by Gasteiger charge is -2.70. The Labute approximate surface area is 355 Å². The minimum atomic E-state index is -4.54. The highest BCUT2D eigenvalue weighted by Gasteiger charge is 2.69. The smallest absolute Gasteiger partial charge is 0.293 e. The number of rotatable bonds is 13. The number of allylic oxidation sites excluding steroid dienone is 1. The highest BCUT2D eigenvalue weighted by atomic mass is 35.5. The first-order chi connectivity index (χ1) is 28.7. The van der Waals surface area contributed by atoms with Crippen molar-refractivity contribution in [2.45, 2.75) is 75.0 Å². The summed E-state index contributed by atoms with van der Waals surface area (Å²) in [6.45, 7) is 10.8. The van der Waals surface area contributed by atoms with Gasteiger partial charge in [-0.3, -0.25) is 19.8 Å². The number of aromatic amines is 1. The number of nitro groups is 1. The van der Waals surface area contributed by atoms with Crippen molar-refractivity contribution in [3.63, 3.8) is 0 Å². The molecule has 2 bridgehead atoms. The van der Waals surface area contributed by atoms with Gasteiger partial charge in [0.25, 0.3) is 21.6 Å². The number of nitro benzene ring substituents is 1. The molecule has 6 aliphatic rings. The van der Waals surface area contributed by atoms with Crippen molar-refractivity contribution < 1.29 is 27.6 Å². The number of nitrogens with zero attached hydrogens (tertiary/aromatic N) is 4. The van der Waals surface area contributed by atoms with Gasteiger partial charge >= 0.3 is 0 Å². The van der Waals surface area contributed by atoms with E-state index in [0.717, 1.165) is 94.8 Å². The molecule has 4 aromatic rings. The first-order valence-electron chi connectivity index (χ1n) is 21.0. The molecular weight excluding hydrogens is 806 g/mol. The molecule has 2 aliphatic heterocycles. The van der Waals surface area contributed by atoms with Crippen molar-refractivity contribution in [2.75, 3.05) is 62.7 Å². The van der Waals surface area contributed by atoms with E-state index in [0.29, 0.717) is 42.0 Å². The number of hydrogen-bond acceptors (Lipinski definition) is 11. The maximum Gasteiger partial charge on any atom is 0.293 e. The number of sulfonamides is 1. The fraction of sp³-hybridized carbons (Fsp3) is 0.500. The first kappa shape index (κ1) is 40.7. The molecule has 16 heteroatoms. The summed E-state index contributed by atoms with van der Waals surface area (Å²) >= 11 is 6.74. The highest BCUT2D eigenvalue weighted by Crippen LogP contribution is 2.75. The van der Waals surface area contributed by atoms with Gasteiger partial charge in [0.05, 0.1) is 21.6 Å². The number of carbonyl (C=O) groups excluding carboxylic acids is 1. The second kappa shape index (κ2) is 15.6. The summed E-state index contributed by atoms with van der Waals surface area (Å²) in [4.78, 5) is 37.3. The lowest BCUT2D eigenvalue weighted by atomic mass is 9.39. The van der Waals surface area contributed by atoms with Crippen molar-refractivity contribution >= 4 is 55.6 Å². The minimum absolute atomic E-state index is 0.0219. The Balaban J connectivity index is 0.922. The van der Waals surface area contributed by atoms with E-state index in [-0.39, 0.29) is 27.8 Å². The van der Waals surface area contributed by atoms with E-state index in [1.807, 2.05) is 6.07 Å². The molecular formula is C44H52ClN7O7S. The van der Waals surface area contributed by atoms with Gasteiger partial charge in [-0.15, -0.1) is 11.6 Å². The van der Waals surface area contributed by atoms with Crippen LogP contribution in [0.2, 0.25) is 0 Å². The van der Waals surface area contributed by atoms with Gasteiger partial charge in [-0.1, -0.05) is 25.0 Å². The summed E-state index contributed by atoms with van der Waals surface area (Å²) in [5.41, 5.74) is 5.22. The predicted molar refractivity (Wildman–Crippen MR) is 231 cm³/mol. The second-order valence-electron chi connectivity index (χ2n) is 18.3. The Morgan fingerprint density at radius 2 is 1.83 bits per heavy atom. The average Bonchev–Trinajstić information content (AvgIpc) is 3.68. The highest BCUT2D eigenvalue weighted by molar-refractivity contribution is 7.90. The van der Waals surface area contributed by atoms with Crippen LogP contribution in [-0.2, 0) is 14.8 Å². The number of hydrogen-bond donors (Lipinski definition) is 3. The molecule has 4 heterocycles. The largest absolute Gasteiger partial charge is 0.455 e. The number of pyridine rings is 1. The van der Waals surface area contributed by atoms with E-state index in [2.05, 4.69) is 43.7 Å². The maximum atomic E-state index is 13.9. The monoisotopic (exact) mass is 857 g/mol. The number of benzene rings is 2. The van der Waals surface area contributed by atoms with Crippen molar-refractivity contribution in [2.24, 2.45) is 16.7 Å². The molecule has 0 radical (unpaired) electrons. The van der Waals surface area contributed by atoms with Gasteiger partial charge in [-0.05, 0) is 105 Å². The molecule has 14 nitrogen and oxygen atoms in total. The van der Waals surface area contributed by atoms with Gasteiger partial charge in [0.2, 0.25) is 0 Å². The van der Waals surface area contributed by atoms with Gasteiger partial charge in [-0.25, -0.2) is 18.1 Å². The maximum absolute atomic E-state index is 13.9. The third-order valence-electron chi connectivity index (χ3n) is 13.4. The van der Waals surface area contributed by atoms with Crippen molar-refractivity contribution in [3.8, 4) is 11.5 Å². The van der Waals surface area contributed by atoms with Gasteiger partial charge in [-0.2, -0.15) is 0 Å². The zero-order chi connectivity index (χ0) is 41.9. The van der Waals surface area contributed by atoms with E-state index in [9.17, 15) is 23.3 Å². The molecule has 0 spiro atoms. The number of piperazine rings is 1. The molecule has 2 saturated heterocycles. The Morgan fingerprint density at radius 1 is 1.07 bits per heavy atom. The molecule has 2 aromatic carbocycles. The number of ether oxygens (including phenoxy) is 2. The SMILES string of the molecule is CC1(C)CCC(CN2CCN(c3ccc(C(=O)NS(=O)(=O)c4ccc(NCC5CCOCC5)c([N+](=O)[O-])c4)c(Oc4cnc5[nH]ccc5c4)c3)CC2)=C(C23CC(Cl)(C2)C3)C1. The summed E-state index contributed by atoms with van der Waals surface area (Å²) in [6.07, 6.45) is 11.8. The molecule has 2 aromatic heterocycles. The molecule has 5 fully saturated rings. The topological polar surface area (TPSA) is 172 Å². The number of halogens is 1. The lowest BCUT2D eigenvalue weighted by Crippen LogP contribution is -2.65. The summed E-state index contributed by atoms with van der Waals surface area (Å²) < 4.78 is 41.2. The van der Waals surface area contributed by atoms with Crippen LogP contribution in [0.25, 0.3) is 11.0 Å². The van der Waals surface area contributed by atoms with Crippen LogP contribution in [0.4, 0.5) is 17.1 Å². The van der Waals surface area contributed by atoms with Crippen LogP contribution in [0.15, 0.2) is 77.0 Å². The lowest BCUT2D eigenvalue weighted by molar-refractivity contribution is -0.384. The third-order valence-corrected chi connectivity index (χ3v) is 15.1. The van der Waals surface area contributed by atoms with Gasteiger partial charge in [0.15, 0.2) is 0 Å². The van der Waals surface area contributed by atoms with Crippen LogP contribution in [0.1, 0.15) is 75.6 Å². The van der Waals surface area contributed by atoms with Crippen LogP contribution in [0, 0.1) is 26.9 Å². The molecule has 10 rings (SSSR count). The molecule has 60 heavy (non-hydrogen) atoms. The third kappa shape index (κ3) is 8.20. The Bertz CT molecular complexity index is 2450. The van der Waals surface area contributed by atoms with E-state index in [1.54, 1.807) is 41.6 Å². The van der Waals surface area contributed by atoms with Crippen LogP contribution < -0.4 is 19.7 Å².